The molecule has 0 saturated carbocycles. The van der Waals surface area contributed by atoms with Gasteiger partial charge in [0.1, 0.15) is 5.82 Å². The lowest BCUT2D eigenvalue weighted by molar-refractivity contribution is -0.117. The lowest BCUT2D eigenvalue weighted by Crippen LogP contribution is -2.50. The van der Waals surface area contributed by atoms with E-state index < -0.39 is 0 Å². The van der Waals surface area contributed by atoms with Gasteiger partial charge in [-0.3, -0.25) is 9.48 Å². The zero-order valence-corrected chi connectivity index (χ0v) is 11.7. The number of pyridine rings is 1. The van der Waals surface area contributed by atoms with Crippen molar-refractivity contribution in [3.8, 4) is 0 Å². The smallest absolute Gasteiger partial charge is 0.246 e. The fourth-order valence-corrected chi connectivity index (χ4v) is 2.39. The highest BCUT2D eigenvalue weighted by atomic mass is 16.2. The highest BCUT2D eigenvalue weighted by Gasteiger charge is 2.26. The maximum absolute atomic E-state index is 12.3. The summed E-state index contributed by atoms with van der Waals surface area (Å²) >= 11 is 0. The number of aryl methyl sites for hydroxylation is 2. The number of amides is 1. The summed E-state index contributed by atoms with van der Waals surface area (Å²) in [5, 5.41) is 4.11. The van der Waals surface area contributed by atoms with Gasteiger partial charge in [-0.25, -0.2) is 4.98 Å². The van der Waals surface area contributed by atoms with E-state index in [9.17, 15) is 4.79 Å². The summed E-state index contributed by atoms with van der Waals surface area (Å²) in [6.07, 6.45) is 3.58. The lowest BCUT2D eigenvalue weighted by atomic mass is 10.2. The Kier molecular flexibility index (Phi) is 3.14. The Hall–Kier alpha value is -2.37. The number of piperazine rings is 1. The van der Waals surface area contributed by atoms with Crippen LogP contribution in [-0.4, -0.2) is 40.3 Å². The van der Waals surface area contributed by atoms with E-state index in [2.05, 4.69) is 10.1 Å². The monoisotopic (exact) mass is 271 g/mol. The second kappa shape index (κ2) is 4.96. The molecule has 1 amide bonds. The molecule has 1 aliphatic rings. The first-order valence-electron chi connectivity index (χ1n) is 6.61. The molecule has 0 unspecified atom stereocenters. The molecule has 0 bridgehead atoms. The van der Waals surface area contributed by atoms with Crippen LogP contribution in [0.15, 0.2) is 30.6 Å². The minimum absolute atomic E-state index is 0.0764. The van der Waals surface area contributed by atoms with Gasteiger partial charge in [-0.15, -0.1) is 0 Å². The normalized spacial score (nSPS) is 15.8. The van der Waals surface area contributed by atoms with Crippen LogP contribution in [0.1, 0.15) is 5.69 Å². The quantitative estimate of drug-likeness (QED) is 0.817. The molecule has 0 spiro atoms. The molecule has 2 aromatic rings. The van der Waals surface area contributed by atoms with E-state index in [0.29, 0.717) is 13.1 Å². The van der Waals surface area contributed by atoms with E-state index in [4.69, 9.17) is 0 Å². The third-order valence-corrected chi connectivity index (χ3v) is 3.42. The molecule has 1 aliphatic heterocycles. The Morgan fingerprint density at radius 1 is 1.25 bits per heavy atom. The lowest BCUT2D eigenvalue weighted by Gasteiger charge is -2.34. The minimum Gasteiger partial charge on any atom is -0.345 e. The van der Waals surface area contributed by atoms with Crippen LogP contribution in [-0.2, 0) is 11.8 Å². The molecule has 104 valence electrons. The molecule has 0 aromatic carbocycles. The van der Waals surface area contributed by atoms with Gasteiger partial charge in [0, 0.05) is 32.0 Å². The Morgan fingerprint density at radius 2 is 2.10 bits per heavy atom. The number of carbonyl (C=O) groups is 1. The van der Waals surface area contributed by atoms with Crippen molar-refractivity contribution in [3.63, 3.8) is 0 Å². The van der Waals surface area contributed by atoms with Crippen molar-refractivity contribution in [1.29, 1.82) is 0 Å². The molecule has 0 radical (unpaired) electrons. The van der Waals surface area contributed by atoms with Crippen molar-refractivity contribution >= 4 is 17.4 Å². The average molecular weight is 271 g/mol. The maximum Gasteiger partial charge on any atom is 0.246 e. The van der Waals surface area contributed by atoms with E-state index in [1.165, 1.54) is 0 Å². The second-order valence-corrected chi connectivity index (χ2v) is 4.98. The van der Waals surface area contributed by atoms with Crippen LogP contribution in [0.4, 0.5) is 11.5 Å². The number of carbonyl (C=O) groups excluding carboxylic acids is 1. The Balaban J connectivity index is 1.75. The SMILES string of the molecule is Cc1cccc(N2CCN(c3cnn(C)c3)C(=O)C2)n1. The van der Waals surface area contributed by atoms with Crippen molar-refractivity contribution < 1.29 is 4.79 Å². The van der Waals surface area contributed by atoms with Gasteiger partial charge in [-0.1, -0.05) is 6.07 Å². The minimum atomic E-state index is 0.0764. The number of hydrogen-bond donors (Lipinski definition) is 0. The Morgan fingerprint density at radius 3 is 2.75 bits per heavy atom. The molecule has 0 N–H and O–H groups in total. The van der Waals surface area contributed by atoms with E-state index in [0.717, 1.165) is 23.7 Å². The summed E-state index contributed by atoms with van der Waals surface area (Å²) in [6, 6.07) is 5.87. The van der Waals surface area contributed by atoms with Crippen molar-refractivity contribution in [1.82, 2.24) is 14.8 Å². The Bertz CT molecular complexity index is 636. The summed E-state index contributed by atoms with van der Waals surface area (Å²) < 4.78 is 1.71. The molecule has 6 nitrogen and oxygen atoms in total. The molecule has 20 heavy (non-hydrogen) atoms. The fraction of sp³-hybridized carbons (Fsp3) is 0.357. The zero-order chi connectivity index (χ0) is 14.1. The first-order chi connectivity index (χ1) is 9.63. The Labute approximate surface area is 117 Å². The first-order valence-corrected chi connectivity index (χ1v) is 6.61. The van der Waals surface area contributed by atoms with Crippen LogP contribution in [0.25, 0.3) is 0 Å². The second-order valence-electron chi connectivity index (χ2n) is 4.98. The molecule has 2 aromatic heterocycles. The third-order valence-electron chi connectivity index (χ3n) is 3.42. The summed E-state index contributed by atoms with van der Waals surface area (Å²) in [5.74, 6) is 0.941. The largest absolute Gasteiger partial charge is 0.345 e. The summed E-state index contributed by atoms with van der Waals surface area (Å²) in [6.45, 7) is 3.74. The van der Waals surface area contributed by atoms with Gasteiger partial charge in [-0.2, -0.15) is 5.10 Å². The van der Waals surface area contributed by atoms with Crippen LogP contribution in [0.5, 0.6) is 0 Å². The molecule has 1 saturated heterocycles. The van der Waals surface area contributed by atoms with Crippen LogP contribution in [0.3, 0.4) is 0 Å². The molecule has 6 heteroatoms. The van der Waals surface area contributed by atoms with Gasteiger partial charge in [0.2, 0.25) is 5.91 Å². The maximum atomic E-state index is 12.3. The van der Waals surface area contributed by atoms with Gasteiger partial charge in [0.25, 0.3) is 0 Å². The van der Waals surface area contributed by atoms with Gasteiger partial charge in [0.05, 0.1) is 18.4 Å². The standard InChI is InChI=1S/C14H17N5O/c1-11-4-3-5-13(16-11)18-6-7-19(14(20)10-18)12-8-15-17(2)9-12/h3-5,8-9H,6-7,10H2,1-2H3. The van der Waals surface area contributed by atoms with E-state index in [1.54, 1.807) is 15.8 Å². The first kappa shape index (κ1) is 12.7. The van der Waals surface area contributed by atoms with Gasteiger partial charge in [0.15, 0.2) is 0 Å². The predicted octanol–water partition coefficient (Wildman–Crippen LogP) is 0.977. The summed E-state index contributed by atoms with van der Waals surface area (Å²) in [5.41, 5.74) is 1.82. The van der Waals surface area contributed by atoms with Gasteiger partial charge < -0.3 is 9.80 Å². The van der Waals surface area contributed by atoms with Crippen LogP contribution < -0.4 is 9.80 Å². The number of hydrogen-bond acceptors (Lipinski definition) is 4. The number of aromatic nitrogens is 3. The number of nitrogens with zero attached hydrogens (tertiary/aromatic N) is 5. The van der Waals surface area contributed by atoms with Crippen molar-refractivity contribution in [2.75, 3.05) is 29.4 Å². The van der Waals surface area contributed by atoms with E-state index in [-0.39, 0.29) is 5.91 Å². The van der Waals surface area contributed by atoms with E-state index in [1.807, 2.05) is 43.3 Å². The van der Waals surface area contributed by atoms with Gasteiger partial charge in [-0.05, 0) is 19.1 Å². The molecule has 3 rings (SSSR count). The van der Waals surface area contributed by atoms with Crippen LogP contribution in [0, 0.1) is 6.92 Å². The average Bonchev–Trinajstić information content (AvgIpc) is 2.85. The van der Waals surface area contributed by atoms with E-state index >= 15 is 0 Å². The molecule has 3 heterocycles. The van der Waals surface area contributed by atoms with Crippen molar-refractivity contribution in [3.05, 3.63) is 36.3 Å². The predicted molar refractivity (Wildman–Crippen MR) is 76.7 cm³/mol. The van der Waals surface area contributed by atoms with Crippen molar-refractivity contribution in [2.24, 2.45) is 7.05 Å². The van der Waals surface area contributed by atoms with Gasteiger partial charge >= 0.3 is 0 Å². The number of rotatable bonds is 2. The van der Waals surface area contributed by atoms with Crippen LogP contribution >= 0.6 is 0 Å². The molecule has 1 fully saturated rings. The molecular formula is C14H17N5O. The molecule has 0 aliphatic carbocycles. The zero-order valence-electron chi connectivity index (χ0n) is 11.7. The van der Waals surface area contributed by atoms with Crippen molar-refractivity contribution in [2.45, 2.75) is 6.92 Å². The highest BCUT2D eigenvalue weighted by Crippen LogP contribution is 2.19. The highest BCUT2D eigenvalue weighted by molar-refractivity contribution is 5.97. The molecular weight excluding hydrogens is 254 g/mol. The summed E-state index contributed by atoms with van der Waals surface area (Å²) in [7, 11) is 1.85. The fourth-order valence-electron chi connectivity index (χ4n) is 2.39. The topological polar surface area (TPSA) is 54.3 Å². The van der Waals surface area contributed by atoms with Crippen LogP contribution in [0.2, 0.25) is 0 Å². The summed E-state index contributed by atoms with van der Waals surface area (Å²) in [4.78, 5) is 20.6. The number of anilines is 2. The molecule has 0 atom stereocenters. The third kappa shape index (κ3) is 2.36.